The van der Waals surface area contributed by atoms with E-state index >= 15 is 0 Å². The van der Waals surface area contributed by atoms with Gasteiger partial charge in [0.1, 0.15) is 0 Å². The largest absolute Gasteiger partial charge is 0.478 e. The summed E-state index contributed by atoms with van der Waals surface area (Å²) in [6.07, 6.45) is 0. The summed E-state index contributed by atoms with van der Waals surface area (Å²) in [5.41, 5.74) is 2.20. The van der Waals surface area contributed by atoms with Crippen LogP contribution in [0.15, 0.2) is 42.5 Å². The fourth-order valence-electron chi connectivity index (χ4n) is 3.51. The van der Waals surface area contributed by atoms with Crippen LogP contribution in [0.3, 0.4) is 0 Å². The zero-order valence-electron chi connectivity index (χ0n) is 15.3. The monoisotopic (exact) mass is 364 g/mol. The topological polar surface area (TPSA) is 37.3 Å². The van der Waals surface area contributed by atoms with Gasteiger partial charge in [-0.05, 0) is 36.4 Å². The number of hydrogen-bond acceptors (Lipinski definition) is 1. The van der Waals surface area contributed by atoms with Crippen LogP contribution in [0.25, 0.3) is 0 Å². The van der Waals surface area contributed by atoms with E-state index in [-0.39, 0.29) is 0 Å². The molecule has 1 aliphatic rings. The molecule has 128 valence electrons. The van der Waals surface area contributed by atoms with E-state index in [1.165, 1.54) is 12.1 Å². The number of benzene rings is 2. The standard InChI is InChI=1S/C21H24O2Si2/c1-24(2)13-14-25(3,4)20-15-17(9-12-19(20)24)6-5-16-7-10-18(11-8-16)21(22)23/h7-12,15H,13-14H2,1-4H3,(H,22,23). The second kappa shape index (κ2) is 6.32. The molecule has 0 atom stereocenters. The van der Waals surface area contributed by atoms with Crippen molar-refractivity contribution in [3.8, 4) is 11.8 Å². The first-order valence-corrected chi connectivity index (χ1v) is 15.1. The molecule has 1 N–H and O–H groups in total. The molecule has 1 aliphatic heterocycles. The first kappa shape index (κ1) is 17.7. The van der Waals surface area contributed by atoms with Crippen molar-refractivity contribution in [2.45, 2.75) is 38.3 Å². The van der Waals surface area contributed by atoms with E-state index in [0.29, 0.717) is 5.56 Å². The Morgan fingerprint density at radius 2 is 1.36 bits per heavy atom. The van der Waals surface area contributed by atoms with Crippen molar-refractivity contribution in [1.82, 2.24) is 0 Å². The Kier molecular flexibility index (Phi) is 4.48. The molecular formula is C21H24O2Si2. The molecule has 0 amide bonds. The molecule has 0 saturated heterocycles. The molecule has 0 saturated carbocycles. The van der Waals surface area contributed by atoms with Gasteiger partial charge in [-0.3, -0.25) is 0 Å². The summed E-state index contributed by atoms with van der Waals surface area (Å²) in [5.74, 6) is 5.52. The molecule has 1 heterocycles. The number of carboxylic acid groups (broad SMARTS) is 1. The van der Waals surface area contributed by atoms with Gasteiger partial charge >= 0.3 is 5.97 Å². The van der Waals surface area contributed by atoms with Gasteiger partial charge in [0.15, 0.2) is 0 Å². The van der Waals surface area contributed by atoms with E-state index in [1.807, 2.05) is 0 Å². The molecule has 3 rings (SSSR count). The molecule has 2 aromatic rings. The summed E-state index contributed by atoms with van der Waals surface area (Å²) < 4.78 is 0. The van der Waals surface area contributed by atoms with Gasteiger partial charge in [-0.2, -0.15) is 0 Å². The smallest absolute Gasteiger partial charge is 0.335 e. The van der Waals surface area contributed by atoms with Gasteiger partial charge in [-0.25, -0.2) is 4.79 Å². The van der Waals surface area contributed by atoms with Crippen molar-refractivity contribution in [1.29, 1.82) is 0 Å². The van der Waals surface area contributed by atoms with Gasteiger partial charge in [0, 0.05) is 11.1 Å². The van der Waals surface area contributed by atoms with Crippen molar-refractivity contribution < 1.29 is 9.90 Å². The summed E-state index contributed by atoms with van der Waals surface area (Å²) in [6.45, 7) is 9.89. The minimum Gasteiger partial charge on any atom is -0.478 e. The van der Waals surface area contributed by atoms with Gasteiger partial charge in [0.2, 0.25) is 0 Å². The average Bonchev–Trinajstić information content (AvgIpc) is 2.57. The predicted octanol–water partition coefficient (Wildman–Crippen LogP) is 3.63. The number of carboxylic acids is 1. The summed E-state index contributed by atoms with van der Waals surface area (Å²) in [7, 11) is -2.65. The Morgan fingerprint density at radius 1 is 0.840 bits per heavy atom. The third-order valence-corrected chi connectivity index (χ3v) is 12.9. The lowest BCUT2D eigenvalue weighted by atomic mass is 10.1. The van der Waals surface area contributed by atoms with Crippen LogP contribution in [-0.2, 0) is 0 Å². The number of carbonyl (C=O) groups is 1. The SMILES string of the molecule is C[Si]1(C)CC[Si](C)(C)c2cc(C#Cc3ccc(C(=O)O)cc3)ccc21. The van der Waals surface area contributed by atoms with Gasteiger partial charge in [0.25, 0.3) is 0 Å². The van der Waals surface area contributed by atoms with Crippen LogP contribution in [0.4, 0.5) is 0 Å². The molecule has 2 aromatic carbocycles. The second-order valence-corrected chi connectivity index (χ2v) is 17.8. The minimum absolute atomic E-state index is 0.291. The van der Waals surface area contributed by atoms with Crippen LogP contribution in [0.1, 0.15) is 21.5 Å². The first-order valence-electron chi connectivity index (χ1n) is 8.69. The van der Waals surface area contributed by atoms with E-state index in [9.17, 15) is 4.79 Å². The average molecular weight is 365 g/mol. The molecule has 0 radical (unpaired) electrons. The molecule has 0 spiro atoms. The maximum absolute atomic E-state index is 10.9. The highest BCUT2D eigenvalue weighted by molar-refractivity contribution is 7.03. The zero-order valence-corrected chi connectivity index (χ0v) is 17.3. The van der Waals surface area contributed by atoms with E-state index < -0.39 is 22.1 Å². The Bertz CT molecular complexity index is 884. The molecule has 0 aliphatic carbocycles. The maximum atomic E-state index is 10.9. The minimum atomic E-state index is -1.36. The van der Waals surface area contributed by atoms with Crippen molar-refractivity contribution in [2.24, 2.45) is 0 Å². The molecule has 0 aromatic heterocycles. The Labute approximate surface area is 151 Å². The van der Waals surface area contributed by atoms with Gasteiger partial charge in [-0.1, -0.05) is 66.6 Å². The van der Waals surface area contributed by atoms with Crippen molar-refractivity contribution in [2.75, 3.05) is 0 Å². The Balaban J connectivity index is 1.94. The lowest BCUT2D eigenvalue weighted by molar-refractivity contribution is 0.0697. The van der Waals surface area contributed by atoms with Crippen LogP contribution >= 0.6 is 0 Å². The molecule has 25 heavy (non-hydrogen) atoms. The summed E-state index contributed by atoms with van der Waals surface area (Å²) in [5, 5.41) is 12.2. The fraction of sp³-hybridized carbons (Fsp3) is 0.286. The van der Waals surface area contributed by atoms with E-state index in [2.05, 4.69) is 56.2 Å². The van der Waals surface area contributed by atoms with Crippen LogP contribution in [0.5, 0.6) is 0 Å². The summed E-state index contributed by atoms with van der Waals surface area (Å²) >= 11 is 0. The number of hydrogen-bond donors (Lipinski definition) is 1. The normalized spacial score (nSPS) is 17.1. The van der Waals surface area contributed by atoms with Gasteiger partial charge in [0.05, 0.1) is 21.7 Å². The van der Waals surface area contributed by atoms with E-state index in [4.69, 9.17) is 5.11 Å². The van der Waals surface area contributed by atoms with E-state index in [1.54, 1.807) is 34.6 Å². The van der Waals surface area contributed by atoms with Gasteiger partial charge in [-0.15, -0.1) is 0 Å². The molecule has 0 unspecified atom stereocenters. The van der Waals surface area contributed by atoms with Crippen LogP contribution in [-0.4, -0.2) is 27.2 Å². The van der Waals surface area contributed by atoms with Crippen LogP contribution < -0.4 is 10.4 Å². The Morgan fingerprint density at radius 3 is 1.96 bits per heavy atom. The lowest BCUT2D eigenvalue weighted by Gasteiger charge is -2.39. The van der Waals surface area contributed by atoms with Crippen LogP contribution in [0.2, 0.25) is 38.3 Å². The number of aromatic carboxylic acids is 1. The number of fused-ring (bicyclic) bond motifs is 1. The molecule has 0 fully saturated rings. The molecule has 4 heteroatoms. The quantitative estimate of drug-likeness (QED) is 0.620. The van der Waals surface area contributed by atoms with Crippen LogP contribution in [0, 0.1) is 11.8 Å². The zero-order chi connectivity index (χ0) is 18.2. The summed E-state index contributed by atoms with van der Waals surface area (Å²) in [4.78, 5) is 10.9. The van der Waals surface area contributed by atoms with E-state index in [0.717, 1.165) is 11.1 Å². The van der Waals surface area contributed by atoms with Crippen molar-refractivity contribution in [3.63, 3.8) is 0 Å². The second-order valence-electron chi connectivity index (χ2n) is 8.16. The number of rotatable bonds is 1. The highest BCUT2D eigenvalue weighted by atomic mass is 28.3. The first-order chi connectivity index (χ1) is 11.7. The fourth-order valence-corrected chi connectivity index (χ4v) is 13.8. The lowest BCUT2D eigenvalue weighted by Crippen LogP contribution is -2.63. The third-order valence-electron chi connectivity index (χ3n) is 5.34. The summed E-state index contributed by atoms with van der Waals surface area (Å²) in [6, 6.07) is 16.3. The Hall–Kier alpha value is -2.10. The van der Waals surface area contributed by atoms with Crippen molar-refractivity contribution in [3.05, 3.63) is 59.2 Å². The third kappa shape index (κ3) is 3.63. The highest BCUT2D eigenvalue weighted by Crippen LogP contribution is 2.25. The molecular weight excluding hydrogens is 340 g/mol. The molecule has 2 nitrogen and oxygen atoms in total. The predicted molar refractivity (Wildman–Crippen MR) is 110 cm³/mol. The highest BCUT2D eigenvalue weighted by Gasteiger charge is 2.39. The van der Waals surface area contributed by atoms with Crippen molar-refractivity contribution >= 4 is 32.5 Å². The maximum Gasteiger partial charge on any atom is 0.335 e. The molecule has 0 bridgehead atoms. The van der Waals surface area contributed by atoms with Gasteiger partial charge < -0.3 is 5.11 Å².